The van der Waals surface area contributed by atoms with Crippen molar-refractivity contribution in [2.75, 3.05) is 20.3 Å². The summed E-state index contributed by atoms with van der Waals surface area (Å²) in [5, 5.41) is 15.1. The zero-order chi connectivity index (χ0) is 23.3. The molecule has 170 valence electrons. The number of hydrogen-bond donors (Lipinski definition) is 2. The Balaban J connectivity index is 1.81. The number of carbonyl (C=O) groups excluding carboxylic acids is 1. The van der Waals surface area contributed by atoms with Crippen LogP contribution in [0.1, 0.15) is 40.7 Å². The van der Waals surface area contributed by atoms with Crippen molar-refractivity contribution < 1.29 is 14.6 Å². The summed E-state index contributed by atoms with van der Waals surface area (Å²) in [5.41, 5.74) is 2.12. The average Bonchev–Trinajstić information content (AvgIpc) is 3.25. The summed E-state index contributed by atoms with van der Waals surface area (Å²) in [6, 6.07) is 24.6. The third kappa shape index (κ3) is 4.40. The quantitative estimate of drug-likeness (QED) is 0.382. The van der Waals surface area contributed by atoms with E-state index in [0.717, 1.165) is 28.6 Å². The molecule has 0 aliphatic heterocycles. The molecular formula is C27H29N3O3. The van der Waals surface area contributed by atoms with E-state index in [4.69, 9.17) is 9.72 Å². The van der Waals surface area contributed by atoms with Gasteiger partial charge in [-0.2, -0.15) is 0 Å². The molecule has 6 heteroatoms. The number of imidazole rings is 1. The van der Waals surface area contributed by atoms with Gasteiger partial charge >= 0.3 is 0 Å². The van der Waals surface area contributed by atoms with Crippen LogP contribution >= 0.6 is 0 Å². The zero-order valence-electron chi connectivity index (χ0n) is 19.0. The topological polar surface area (TPSA) is 76.4 Å². The molecule has 0 spiro atoms. The second kappa shape index (κ2) is 9.98. The molecule has 1 heterocycles. The predicted octanol–water partition coefficient (Wildman–Crippen LogP) is 4.11. The fraction of sp³-hybridized carbons (Fsp3) is 0.259. The molecule has 3 aromatic carbocycles. The number of aliphatic hydroxyl groups is 1. The van der Waals surface area contributed by atoms with Crippen LogP contribution in [-0.2, 0) is 16.9 Å². The summed E-state index contributed by atoms with van der Waals surface area (Å²) >= 11 is 0. The van der Waals surface area contributed by atoms with Gasteiger partial charge < -0.3 is 19.7 Å². The summed E-state index contributed by atoms with van der Waals surface area (Å²) in [7, 11) is 1.64. The highest BCUT2D eigenvalue weighted by atomic mass is 16.5. The van der Waals surface area contributed by atoms with Crippen molar-refractivity contribution in [2.24, 2.45) is 0 Å². The lowest BCUT2D eigenvalue weighted by atomic mass is 9.85. The summed E-state index contributed by atoms with van der Waals surface area (Å²) < 4.78 is 7.02. The maximum atomic E-state index is 12.7. The molecule has 1 amide bonds. The van der Waals surface area contributed by atoms with Crippen molar-refractivity contribution in [1.82, 2.24) is 14.9 Å². The van der Waals surface area contributed by atoms with E-state index in [9.17, 15) is 9.90 Å². The van der Waals surface area contributed by atoms with Crippen molar-refractivity contribution in [3.63, 3.8) is 0 Å². The molecule has 1 aromatic heterocycles. The van der Waals surface area contributed by atoms with Crippen LogP contribution in [0.15, 0.2) is 78.9 Å². The van der Waals surface area contributed by atoms with Gasteiger partial charge in [-0.1, -0.05) is 60.7 Å². The lowest BCUT2D eigenvalue weighted by Crippen LogP contribution is -2.32. The average molecular weight is 444 g/mol. The standard InChI is InChI=1S/C27H29N3O3/c1-3-30-24-19-20(25(31)28-17-10-18-33-2)15-16-23(24)29-26(30)27(32,21-11-6-4-7-12-21)22-13-8-5-9-14-22/h4-9,11-16,19,32H,3,10,17-18H2,1-2H3,(H,28,31). The minimum absolute atomic E-state index is 0.139. The molecular weight excluding hydrogens is 414 g/mol. The van der Waals surface area contributed by atoms with Gasteiger partial charge in [-0.15, -0.1) is 0 Å². The van der Waals surface area contributed by atoms with Gasteiger partial charge in [-0.05, 0) is 42.7 Å². The number of ether oxygens (including phenoxy) is 1. The predicted molar refractivity (Wildman–Crippen MR) is 129 cm³/mol. The minimum atomic E-state index is -1.44. The van der Waals surface area contributed by atoms with E-state index < -0.39 is 5.60 Å². The van der Waals surface area contributed by atoms with Crippen molar-refractivity contribution in [1.29, 1.82) is 0 Å². The number of carbonyl (C=O) groups is 1. The van der Waals surface area contributed by atoms with E-state index >= 15 is 0 Å². The summed E-state index contributed by atoms with van der Waals surface area (Å²) in [4.78, 5) is 17.5. The lowest BCUT2D eigenvalue weighted by molar-refractivity contribution is 0.0948. The van der Waals surface area contributed by atoms with Crippen LogP contribution in [0, 0.1) is 0 Å². The van der Waals surface area contributed by atoms with Gasteiger partial charge in [0.15, 0.2) is 11.4 Å². The van der Waals surface area contributed by atoms with Crippen molar-refractivity contribution >= 4 is 16.9 Å². The maximum Gasteiger partial charge on any atom is 0.251 e. The molecule has 0 aliphatic rings. The van der Waals surface area contributed by atoms with Gasteiger partial charge in [-0.25, -0.2) is 4.98 Å². The molecule has 0 fully saturated rings. The molecule has 0 aliphatic carbocycles. The van der Waals surface area contributed by atoms with Crippen molar-refractivity contribution in [3.05, 3.63) is 101 Å². The Morgan fingerprint density at radius 1 is 1.03 bits per heavy atom. The number of aromatic nitrogens is 2. The van der Waals surface area contributed by atoms with E-state index in [-0.39, 0.29) is 5.91 Å². The molecule has 4 rings (SSSR count). The number of hydrogen-bond acceptors (Lipinski definition) is 4. The second-order valence-corrected chi connectivity index (χ2v) is 7.93. The zero-order valence-corrected chi connectivity index (χ0v) is 19.0. The molecule has 0 bridgehead atoms. The number of benzene rings is 3. The molecule has 0 saturated carbocycles. The first-order chi connectivity index (χ1) is 16.1. The fourth-order valence-corrected chi connectivity index (χ4v) is 4.16. The highest BCUT2D eigenvalue weighted by Crippen LogP contribution is 2.37. The number of nitrogens with zero attached hydrogens (tertiary/aromatic N) is 2. The van der Waals surface area contributed by atoms with Crippen LogP contribution in [0.3, 0.4) is 0 Å². The van der Waals surface area contributed by atoms with E-state index in [0.29, 0.717) is 31.1 Å². The summed E-state index contributed by atoms with van der Waals surface area (Å²) in [6.07, 6.45) is 0.753. The monoisotopic (exact) mass is 443 g/mol. The van der Waals surface area contributed by atoms with E-state index in [1.807, 2.05) is 84.3 Å². The molecule has 4 aromatic rings. The molecule has 0 saturated heterocycles. The molecule has 33 heavy (non-hydrogen) atoms. The molecule has 0 atom stereocenters. The number of methoxy groups -OCH3 is 1. The highest BCUT2D eigenvalue weighted by Gasteiger charge is 2.38. The first-order valence-electron chi connectivity index (χ1n) is 11.2. The summed E-state index contributed by atoms with van der Waals surface area (Å²) in [5.74, 6) is 0.384. The van der Waals surface area contributed by atoms with Gasteiger partial charge in [0.2, 0.25) is 0 Å². The largest absolute Gasteiger partial charge is 0.385 e. The second-order valence-electron chi connectivity index (χ2n) is 7.93. The fourth-order valence-electron chi connectivity index (χ4n) is 4.16. The minimum Gasteiger partial charge on any atom is -0.385 e. The van der Waals surface area contributed by atoms with Crippen LogP contribution in [0.2, 0.25) is 0 Å². The Morgan fingerprint density at radius 3 is 2.24 bits per heavy atom. The SMILES string of the molecule is CCn1c(C(O)(c2ccccc2)c2ccccc2)nc2ccc(C(=O)NCCCOC)cc21. The highest BCUT2D eigenvalue weighted by molar-refractivity contribution is 5.97. The third-order valence-electron chi connectivity index (χ3n) is 5.84. The van der Waals surface area contributed by atoms with E-state index in [1.165, 1.54) is 0 Å². The summed E-state index contributed by atoms with van der Waals surface area (Å²) in [6.45, 7) is 3.75. The van der Waals surface area contributed by atoms with Gasteiger partial charge in [0, 0.05) is 32.4 Å². The Hall–Kier alpha value is -3.48. The van der Waals surface area contributed by atoms with E-state index in [1.54, 1.807) is 13.2 Å². The smallest absolute Gasteiger partial charge is 0.251 e. The van der Waals surface area contributed by atoms with Crippen molar-refractivity contribution in [3.8, 4) is 0 Å². The molecule has 0 unspecified atom stereocenters. The number of fused-ring (bicyclic) bond motifs is 1. The molecule has 2 N–H and O–H groups in total. The molecule has 6 nitrogen and oxygen atoms in total. The Morgan fingerprint density at radius 2 is 1.67 bits per heavy atom. The van der Waals surface area contributed by atoms with Gasteiger partial charge in [0.25, 0.3) is 5.91 Å². The van der Waals surface area contributed by atoms with Crippen LogP contribution in [0.5, 0.6) is 0 Å². The van der Waals surface area contributed by atoms with Crippen molar-refractivity contribution in [2.45, 2.75) is 25.5 Å². The normalized spacial score (nSPS) is 11.6. The van der Waals surface area contributed by atoms with Crippen LogP contribution in [-0.4, -0.2) is 40.8 Å². The van der Waals surface area contributed by atoms with Crippen LogP contribution in [0.4, 0.5) is 0 Å². The van der Waals surface area contributed by atoms with E-state index in [2.05, 4.69) is 5.32 Å². The first-order valence-corrected chi connectivity index (χ1v) is 11.2. The van der Waals surface area contributed by atoms with Gasteiger partial charge in [-0.3, -0.25) is 4.79 Å². The number of rotatable bonds is 9. The Labute approximate surface area is 193 Å². The number of nitrogens with one attached hydrogen (secondary N) is 1. The van der Waals surface area contributed by atoms with Crippen LogP contribution in [0.25, 0.3) is 11.0 Å². The van der Waals surface area contributed by atoms with Crippen LogP contribution < -0.4 is 5.32 Å². The van der Waals surface area contributed by atoms with Gasteiger partial charge in [0.1, 0.15) is 0 Å². The third-order valence-corrected chi connectivity index (χ3v) is 5.84. The lowest BCUT2D eigenvalue weighted by Gasteiger charge is -2.29. The Kier molecular flexibility index (Phi) is 6.87. The number of amides is 1. The molecule has 0 radical (unpaired) electrons. The van der Waals surface area contributed by atoms with Gasteiger partial charge in [0.05, 0.1) is 11.0 Å². The first kappa shape index (κ1) is 22.7. The number of aryl methyl sites for hydroxylation is 1. The Bertz CT molecular complexity index is 1180. The maximum absolute atomic E-state index is 12.7.